The quantitative estimate of drug-likeness (QED) is 0.587. The Kier molecular flexibility index (Phi) is 7.02. The Bertz CT molecular complexity index is 534. The molecule has 1 aromatic carbocycles. The van der Waals surface area contributed by atoms with Gasteiger partial charge in [-0.15, -0.1) is 0 Å². The average molecular weight is 373 g/mol. The van der Waals surface area contributed by atoms with Crippen molar-refractivity contribution in [3.05, 3.63) is 29.8 Å². The van der Waals surface area contributed by atoms with Crippen molar-refractivity contribution >= 4 is 13.3 Å². The Hall–Kier alpha value is -0.603. The smallest absolute Gasteiger partial charge is 0.0806 e. The van der Waals surface area contributed by atoms with E-state index in [4.69, 9.17) is 0 Å². The SMILES string of the molecule is CCCC[Si](C)(C)c1ccc(C2CCC(C3CCC(O)CC3)CC2)cc1. The maximum Gasteiger partial charge on any atom is 0.0806 e. The monoisotopic (exact) mass is 372 g/mol. The standard InChI is InChI=1S/C24H40OSi/c1-4-5-18-26(2,3)24-16-12-22(13-17-24)20-8-6-19(7-9-20)21-10-14-23(25)15-11-21/h12-13,16-17,19-21,23,25H,4-11,14-15,18H2,1-3H3. The van der Waals surface area contributed by atoms with Gasteiger partial charge in [-0.1, -0.05) is 68.4 Å². The van der Waals surface area contributed by atoms with Crippen LogP contribution in [0.3, 0.4) is 0 Å². The Balaban J connectivity index is 1.53. The summed E-state index contributed by atoms with van der Waals surface area (Å²) in [4.78, 5) is 0. The molecule has 0 unspecified atom stereocenters. The van der Waals surface area contributed by atoms with E-state index in [9.17, 15) is 5.11 Å². The number of rotatable bonds is 6. The van der Waals surface area contributed by atoms with E-state index >= 15 is 0 Å². The van der Waals surface area contributed by atoms with Gasteiger partial charge in [0.05, 0.1) is 14.2 Å². The Morgan fingerprint density at radius 2 is 1.38 bits per heavy atom. The molecule has 2 heteroatoms. The Morgan fingerprint density at radius 1 is 0.846 bits per heavy atom. The fraction of sp³-hybridized carbons (Fsp3) is 0.750. The van der Waals surface area contributed by atoms with E-state index in [0.717, 1.165) is 30.6 Å². The lowest BCUT2D eigenvalue weighted by molar-refractivity contribution is 0.0805. The van der Waals surface area contributed by atoms with Gasteiger partial charge in [0.25, 0.3) is 0 Å². The van der Waals surface area contributed by atoms with Crippen molar-refractivity contribution in [3.63, 3.8) is 0 Å². The lowest BCUT2D eigenvalue weighted by Crippen LogP contribution is -2.41. The summed E-state index contributed by atoms with van der Waals surface area (Å²) in [7, 11) is -1.23. The average Bonchev–Trinajstić information content (AvgIpc) is 2.67. The largest absolute Gasteiger partial charge is 0.393 e. The molecule has 0 saturated heterocycles. The zero-order chi connectivity index (χ0) is 18.6. The highest BCUT2D eigenvalue weighted by Gasteiger charge is 2.31. The Labute approximate surface area is 162 Å². The summed E-state index contributed by atoms with van der Waals surface area (Å²) in [6.07, 6.45) is 12.9. The summed E-state index contributed by atoms with van der Waals surface area (Å²) in [5.74, 6) is 2.61. The van der Waals surface area contributed by atoms with Crippen LogP contribution in [0.15, 0.2) is 24.3 Å². The molecule has 146 valence electrons. The van der Waals surface area contributed by atoms with Crippen molar-refractivity contribution in [2.45, 2.75) is 102 Å². The minimum absolute atomic E-state index is 0.00812. The molecule has 0 aromatic heterocycles. The summed E-state index contributed by atoms with van der Waals surface area (Å²) in [6, 6.07) is 11.3. The molecule has 3 rings (SSSR count). The number of hydrogen-bond acceptors (Lipinski definition) is 1. The molecule has 1 aromatic rings. The second kappa shape index (κ2) is 9.06. The maximum atomic E-state index is 9.75. The molecule has 1 nitrogen and oxygen atoms in total. The molecule has 26 heavy (non-hydrogen) atoms. The van der Waals surface area contributed by atoms with Crippen molar-refractivity contribution in [1.82, 2.24) is 0 Å². The van der Waals surface area contributed by atoms with E-state index < -0.39 is 8.07 Å². The highest BCUT2D eigenvalue weighted by molar-refractivity contribution is 6.89. The number of benzene rings is 1. The highest BCUT2D eigenvalue weighted by Crippen LogP contribution is 2.42. The molecule has 0 spiro atoms. The minimum atomic E-state index is -1.23. The lowest BCUT2D eigenvalue weighted by Gasteiger charge is -2.37. The lowest BCUT2D eigenvalue weighted by atomic mass is 9.69. The molecular weight excluding hydrogens is 332 g/mol. The number of unbranched alkanes of at least 4 members (excludes halogenated alkanes) is 1. The van der Waals surface area contributed by atoms with Crippen molar-refractivity contribution in [2.75, 3.05) is 0 Å². The van der Waals surface area contributed by atoms with Crippen molar-refractivity contribution in [1.29, 1.82) is 0 Å². The zero-order valence-electron chi connectivity index (χ0n) is 17.3. The van der Waals surface area contributed by atoms with Gasteiger partial charge in [-0.3, -0.25) is 0 Å². The molecule has 2 aliphatic rings. The maximum absolute atomic E-state index is 9.75. The van der Waals surface area contributed by atoms with Crippen molar-refractivity contribution < 1.29 is 5.11 Å². The number of hydrogen-bond donors (Lipinski definition) is 1. The van der Waals surface area contributed by atoms with Crippen LogP contribution >= 0.6 is 0 Å². The topological polar surface area (TPSA) is 20.2 Å². The second-order valence-corrected chi connectivity index (χ2v) is 14.6. The van der Waals surface area contributed by atoms with E-state index in [1.807, 2.05) is 0 Å². The Morgan fingerprint density at radius 3 is 1.92 bits per heavy atom. The minimum Gasteiger partial charge on any atom is -0.393 e. The third-order valence-electron chi connectivity index (χ3n) is 7.50. The normalized spacial score (nSPS) is 30.3. The summed E-state index contributed by atoms with van der Waals surface area (Å²) in [5, 5.41) is 11.4. The van der Waals surface area contributed by atoms with Crippen LogP contribution in [-0.2, 0) is 0 Å². The third kappa shape index (κ3) is 5.01. The molecular formula is C24H40OSi. The second-order valence-electron chi connectivity index (χ2n) is 9.79. The highest BCUT2D eigenvalue weighted by atomic mass is 28.3. The predicted molar refractivity (Wildman–Crippen MR) is 116 cm³/mol. The first-order valence-corrected chi connectivity index (χ1v) is 14.5. The van der Waals surface area contributed by atoms with Crippen LogP contribution in [0.4, 0.5) is 0 Å². The molecule has 2 fully saturated rings. The molecule has 0 radical (unpaired) electrons. The zero-order valence-corrected chi connectivity index (χ0v) is 18.3. The van der Waals surface area contributed by atoms with Gasteiger partial charge < -0.3 is 5.11 Å². The predicted octanol–water partition coefficient (Wildman–Crippen LogP) is 6.23. The molecule has 0 heterocycles. The van der Waals surface area contributed by atoms with Crippen LogP contribution in [0.25, 0.3) is 0 Å². The summed E-state index contributed by atoms with van der Waals surface area (Å²) in [6.45, 7) is 7.37. The number of aliphatic hydroxyl groups excluding tert-OH is 1. The molecule has 2 aliphatic carbocycles. The molecule has 0 amide bonds. The van der Waals surface area contributed by atoms with Crippen LogP contribution in [0.1, 0.15) is 82.6 Å². The van der Waals surface area contributed by atoms with Crippen LogP contribution in [0.5, 0.6) is 0 Å². The van der Waals surface area contributed by atoms with Crippen molar-refractivity contribution in [3.8, 4) is 0 Å². The van der Waals surface area contributed by atoms with Gasteiger partial charge in [0.1, 0.15) is 0 Å². The van der Waals surface area contributed by atoms with Crippen LogP contribution in [0.2, 0.25) is 19.1 Å². The molecule has 0 aliphatic heterocycles. The van der Waals surface area contributed by atoms with Crippen molar-refractivity contribution in [2.24, 2.45) is 11.8 Å². The van der Waals surface area contributed by atoms with E-state index in [2.05, 4.69) is 44.3 Å². The van der Waals surface area contributed by atoms with E-state index in [0.29, 0.717) is 0 Å². The first kappa shape index (κ1) is 20.1. The fourth-order valence-electron chi connectivity index (χ4n) is 5.47. The van der Waals surface area contributed by atoms with E-state index in [1.165, 1.54) is 57.4 Å². The fourth-order valence-corrected chi connectivity index (χ4v) is 8.06. The van der Waals surface area contributed by atoms with Gasteiger partial charge in [-0.2, -0.15) is 0 Å². The van der Waals surface area contributed by atoms with Gasteiger partial charge in [-0.05, 0) is 74.7 Å². The third-order valence-corrected chi connectivity index (χ3v) is 11.0. The van der Waals surface area contributed by atoms with Crippen LogP contribution in [0, 0.1) is 11.8 Å². The molecule has 1 N–H and O–H groups in total. The molecule has 0 atom stereocenters. The van der Waals surface area contributed by atoms with Gasteiger partial charge in [-0.25, -0.2) is 0 Å². The molecule has 2 saturated carbocycles. The van der Waals surface area contributed by atoms with E-state index in [1.54, 1.807) is 10.8 Å². The van der Waals surface area contributed by atoms with Crippen LogP contribution in [-0.4, -0.2) is 19.3 Å². The number of aliphatic hydroxyl groups is 1. The van der Waals surface area contributed by atoms with E-state index in [-0.39, 0.29) is 6.10 Å². The summed E-state index contributed by atoms with van der Waals surface area (Å²) >= 11 is 0. The first-order valence-electron chi connectivity index (χ1n) is 11.3. The van der Waals surface area contributed by atoms with Gasteiger partial charge in [0, 0.05) is 0 Å². The van der Waals surface area contributed by atoms with Gasteiger partial charge in [0.15, 0.2) is 0 Å². The van der Waals surface area contributed by atoms with Crippen LogP contribution < -0.4 is 5.19 Å². The molecule has 0 bridgehead atoms. The van der Waals surface area contributed by atoms with Gasteiger partial charge >= 0.3 is 0 Å². The summed E-state index contributed by atoms with van der Waals surface area (Å²) in [5.41, 5.74) is 1.59. The summed E-state index contributed by atoms with van der Waals surface area (Å²) < 4.78 is 0. The first-order chi connectivity index (χ1) is 12.5. The van der Waals surface area contributed by atoms with Gasteiger partial charge in [0.2, 0.25) is 0 Å².